The molecule has 0 unspecified atom stereocenters. The first-order valence-corrected chi connectivity index (χ1v) is 9.59. The summed E-state index contributed by atoms with van der Waals surface area (Å²) in [5, 5.41) is 11.0. The van der Waals surface area contributed by atoms with Crippen LogP contribution in [-0.2, 0) is 4.79 Å². The maximum absolute atomic E-state index is 12.9. The quantitative estimate of drug-likeness (QED) is 0.594. The van der Waals surface area contributed by atoms with E-state index in [-0.39, 0.29) is 5.91 Å². The van der Waals surface area contributed by atoms with Crippen molar-refractivity contribution in [3.8, 4) is 5.75 Å². The molecule has 1 amide bonds. The second kappa shape index (κ2) is 8.39. The molecule has 0 bridgehead atoms. The van der Waals surface area contributed by atoms with Crippen LogP contribution < -0.4 is 15.8 Å². The molecule has 3 N–H and O–H groups in total. The Labute approximate surface area is 163 Å². The van der Waals surface area contributed by atoms with Gasteiger partial charge in [-0.15, -0.1) is 10.2 Å². The predicted octanol–water partition coefficient (Wildman–Crippen LogP) is 4.25. The average Bonchev–Trinajstić information content (AvgIpc) is 3.05. The number of benzene rings is 2. The summed E-state index contributed by atoms with van der Waals surface area (Å²) in [5.74, 6) is 0.346. The highest BCUT2D eigenvalue weighted by Gasteiger charge is 2.24. The number of halogens is 1. The van der Waals surface area contributed by atoms with Crippen LogP contribution in [-0.4, -0.2) is 23.2 Å². The van der Waals surface area contributed by atoms with Crippen molar-refractivity contribution in [2.24, 2.45) is 0 Å². The van der Waals surface area contributed by atoms with E-state index in [0.717, 1.165) is 5.56 Å². The number of methoxy groups -OCH3 is 1. The van der Waals surface area contributed by atoms with E-state index in [1.54, 1.807) is 18.2 Å². The van der Waals surface area contributed by atoms with Gasteiger partial charge in [0.2, 0.25) is 11.0 Å². The summed E-state index contributed by atoms with van der Waals surface area (Å²) in [7, 11) is 1.54. The van der Waals surface area contributed by atoms with Gasteiger partial charge >= 0.3 is 0 Å². The molecule has 3 rings (SSSR count). The standard InChI is InChI=1S/C17H15ClN4O2S2/c1-24-13-8-7-11(9-12(13)18)20-15(23)14(10-5-3-2-4-6-10)25-17-22-21-16(19)26-17/h2-9,14H,1H3,(H2,19,21)(H,20,23)/t14-/m0/s1. The van der Waals surface area contributed by atoms with Crippen molar-refractivity contribution in [3.63, 3.8) is 0 Å². The maximum Gasteiger partial charge on any atom is 0.242 e. The molecule has 26 heavy (non-hydrogen) atoms. The molecule has 6 nitrogen and oxygen atoms in total. The molecule has 0 saturated carbocycles. The van der Waals surface area contributed by atoms with Gasteiger partial charge in [-0.05, 0) is 23.8 Å². The lowest BCUT2D eigenvalue weighted by Crippen LogP contribution is -2.19. The maximum atomic E-state index is 12.9. The van der Waals surface area contributed by atoms with E-state index in [0.29, 0.717) is 25.9 Å². The number of nitrogens with one attached hydrogen (secondary N) is 1. The van der Waals surface area contributed by atoms with Crippen LogP contribution in [0.1, 0.15) is 10.8 Å². The van der Waals surface area contributed by atoms with Gasteiger partial charge in [-0.25, -0.2) is 0 Å². The van der Waals surface area contributed by atoms with Crippen LogP contribution >= 0.6 is 34.7 Å². The van der Waals surface area contributed by atoms with E-state index < -0.39 is 5.25 Å². The zero-order valence-corrected chi connectivity index (χ0v) is 16.1. The van der Waals surface area contributed by atoms with Crippen molar-refractivity contribution in [1.82, 2.24) is 10.2 Å². The summed E-state index contributed by atoms with van der Waals surface area (Å²) in [6.45, 7) is 0. The highest BCUT2D eigenvalue weighted by atomic mass is 35.5. The van der Waals surface area contributed by atoms with Crippen molar-refractivity contribution in [2.75, 3.05) is 18.2 Å². The van der Waals surface area contributed by atoms with Gasteiger partial charge in [0.1, 0.15) is 11.0 Å². The number of ether oxygens (including phenoxy) is 1. The van der Waals surface area contributed by atoms with Gasteiger partial charge in [-0.1, -0.05) is 65.0 Å². The van der Waals surface area contributed by atoms with Gasteiger partial charge in [-0.3, -0.25) is 4.79 Å². The van der Waals surface area contributed by atoms with Gasteiger partial charge in [0.05, 0.1) is 12.1 Å². The molecule has 3 aromatic rings. The molecule has 0 saturated heterocycles. The molecule has 0 aliphatic rings. The molecule has 1 heterocycles. The monoisotopic (exact) mass is 406 g/mol. The number of carbonyl (C=O) groups is 1. The number of carbonyl (C=O) groups excluding carboxylic acids is 1. The first-order valence-electron chi connectivity index (χ1n) is 7.52. The van der Waals surface area contributed by atoms with Crippen molar-refractivity contribution >= 4 is 51.4 Å². The van der Waals surface area contributed by atoms with Gasteiger partial charge in [0, 0.05) is 5.69 Å². The Bertz CT molecular complexity index is 905. The Balaban J connectivity index is 1.83. The van der Waals surface area contributed by atoms with E-state index in [4.69, 9.17) is 22.1 Å². The minimum atomic E-state index is -0.510. The minimum Gasteiger partial charge on any atom is -0.495 e. The third-order valence-electron chi connectivity index (χ3n) is 3.40. The Hall–Kier alpha value is -2.29. The number of anilines is 2. The van der Waals surface area contributed by atoms with Crippen molar-refractivity contribution < 1.29 is 9.53 Å². The molecule has 2 aromatic carbocycles. The van der Waals surface area contributed by atoms with Crippen molar-refractivity contribution in [2.45, 2.75) is 9.59 Å². The number of hydrogen-bond donors (Lipinski definition) is 2. The van der Waals surface area contributed by atoms with Gasteiger partial charge in [-0.2, -0.15) is 0 Å². The smallest absolute Gasteiger partial charge is 0.242 e. The van der Waals surface area contributed by atoms with Crippen LogP contribution in [0.25, 0.3) is 0 Å². The Morgan fingerprint density at radius 3 is 2.65 bits per heavy atom. The van der Waals surface area contributed by atoms with E-state index in [9.17, 15) is 4.79 Å². The van der Waals surface area contributed by atoms with Crippen LogP contribution in [0, 0.1) is 0 Å². The molecular formula is C17H15ClN4O2S2. The number of nitrogens with zero attached hydrogens (tertiary/aromatic N) is 2. The Morgan fingerprint density at radius 2 is 2.04 bits per heavy atom. The van der Waals surface area contributed by atoms with Crippen LogP contribution in [0.2, 0.25) is 5.02 Å². The van der Waals surface area contributed by atoms with Gasteiger partial charge in [0.25, 0.3) is 0 Å². The fraction of sp³-hybridized carbons (Fsp3) is 0.118. The second-order valence-corrected chi connectivity index (χ2v) is 7.92. The zero-order valence-electron chi connectivity index (χ0n) is 13.7. The third kappa shape index (κ3) is 4.46. The lowest BCUT2D eigenvalue weighted by molar-refractivity contribution is -0.115. The first kappa shape index (κ1) is 18.5. The molecular weight excluding hydrogens is 392 g/mol. The summed E-state index contributed by atoms with van der Waals surface area (Å²) in [6, 6.07) is 14.5. The summed E-state index contributed by atoms with van der Waals surface area (Å²) in [4.78, 5) is 12.9. The first-order chi connectivity index (χ1) is 12.6. The summed E-state index contributed by atoms with van der Waals surface area (Å²) in [6.07, 6.45) is 0. The number of hydrogen-bond acceptors (Lipinski definition) is 7. The van der Waals surface area contributed by atoms with Crippen LogP contribution in [0.4, 0.5) is 10.8 Å². The highest BCUT2D eigenvalue weighted by molar-refractivity contribution is 8.02. The lowest BCUT2D eigenvalue weighted by Gasteiger charge is -2.16. The molecule has 1 atom stereocenters. The average molecular weight is 407 g/mol. The number of nitrogen functional groups attached to an aromatic ring is 1. The van der Waals surface area contributed by atoms with Crippen LogP contribution in [0.3, 0.4) is 0 Å². The lowest BCUT2D eigenvalue weighted by atomic mass is 10.1. The normalized spacial score (nSPS) is 11.8. The molecule has 0 aliphatic heterocycles. The van der Waals surface area contributed by atoms with Crippen molar-refractivity contribution in [1.29, 1.82) is 0 Å². The highest BCUT2D eigenvalue weighted by Crippen LogP contribution is 2.38. The number of thioether (sulfide) groups is 1. The zero-order chi connectivity index (χ0) is 18.5. The van der Waals surface area contributed by atoms with E-state index in [1.165, 1.54) is 30.2 Å². The number of nitrogens with two attached hydrogens (primary N) is 1. The van der Waals surface area contributed by atoms with E-state index in [2.05, 4.69) is 15.5 Å². The number of amides is 1. The topological polar surface area (TPSA) is 90.1 Å². The predicted molar refractivity (Wildman–Crippen MR) is 106 cm³/mol. The summed E-state index contributed by atoms with van der Waals surface area (Å²) >= 11 is 8.67. The van der Waals surface area contributed by atoms with E-state index in [1.807, 2.05) is 30.3 Å². The minimum absolute atomic E-state index is 0.198. The van der Waals surface area contributed by atoms with Gasteiger partial charge < -0.3 is 15.8 Å². The van der Waals surface area contributed by atoms with Gasteiger partial charge in [0.15, 0.2) is 4.34 Å². The SMILES string of the molecule is COc1ccc(NC(=O)[C@@H](Sc2nnc(N)s2)c2ccccc2)cc1Cl. The fourth-order valence-electron chi connectivity index (χ4n) is 2.22. The molecule has 0 spiro atoms. The number of aromatic nitrogens is 2. The van der Waals surface area contributed by atoms with Crippen LogP contribution in [0.15, 0.2) is 52.9 Å². The molecule has 134 valence electrons. The molecule has 1 aromatic heterocycles. The summed E-state index contributed by atoms with van der Waals surface area (Å²) in [5.41, 5.74) is 7.07. The molecule has 0 fully saturated rings. The number of rotatable bonds is 6. The molecule has 9 heteroatoms. The Kier molecular flexibility index (Phi) is 5.97. The fourth-order valence-corrected chi connectivity index (χ4v) is 4.31. The largest absolute Gasteiger partial charge is 0.495 e. The molecule has 0 aliphatic carbocycles. The molecule has 0 radical (unpaired) electrons. The summed E-state index contributed by atoms with van der Waals surface area (Å²) < 4.78 is 5.75. The van der Waals surface area contributed by atoms with Crippen molar-refractivity contribution in [3.05, 3.63) is 59.1 Å². The Morgan fingerprint density at radius 1 is 1.27 bits per heavy atom. The third-order valence-corrected chi connectivity index (χ3v) is 5.79. The van der Waals surface area contributed by atoms with Crippen LogP contribution in [0.5, 0.6) is 5.75 Å². The van der Waals surface area contributed by atoms with E-state index >= 15 is 0 Å². The second-order valence-electron chi connectivity index (χ2n) is 5.15.